The van der Waals surface area contributed by atoms with Gasteiger partial charge in [0.1, 0.15) is 17.3 Å². The van der Waals surface area contributed by atoms with E-state index in [0.717, 1.165) is 31.5 Å². The molecule has 0 saturated carbocycles. The van der Waals surface area contributed by atoms with Crippen LogP contribution in [0.25, 0.3) is 0 Å². The van der Waals surface area contributed by atoms with Crippen LogP contribution in [0.5, 0.6) is 11.5 Å². The van der Waals surface area contributed by atoms with Gasteiger partial charge in [0, 0.05) is 17.2 Å². The van der Waals surface area contributed by atoms with Crippen LogP contribution >= 0.6 is 0 Å². The average molecular weight is 332 g/mol. The van der Waals surface area contributed by atoms with E-state index in [-0.39, 0.29) is 17.1 Å². The number of hydrogen-bond acceptors (Lipinski definition) is 3. The van der Waals surface area contributed by atoms with Crippen LogP contribution < -0.4 is 4.74 Å². The fraction of sp³-hybridized carbons (Fsp3) is 0.267. The summed E-state index contributed by atoms with van der Waals surface area (Å²) in [4.78, 5) is 3.53. The molecule has 1 aliphatic carbocycles. The maximum Gasteiger partial charge on any atom is 0.343 e. The number of alkyl halides is 4. The van der Waals surface area contributed by atoms with Crippen LogP contribution in [0.1, 0.15) is 24.1 Å². The summed E-state index contributed by atoms with van der Waals surface area (Å²) < 4.78 is 81.1. The van der Waals surface area contributed by atoms with Gasteiger partial charge in [0.05, 0.1) is 13.8 Å². The van der Waals surface area contributed by atoms with Crippen molar-refractivity contribution < 1.29 is 33.2 Å². The van der Waals surface area contributed by atoms with Gasteiger partial charge in [0.2, 0.25) is 0 Å². The second-order valence-electron chi connectivity index (χ2n) is 5.05. The van der Waals surface area contributed by atoms with E-state index < -0.39 is 34.9 Å². The smallest absolute Gasteiger partial charge is 0.343 e. The summed E-state index contributed by atoms with van der Waals surface area (Å²) in [6, 6.07) is 2.60. The molecule has 2 aromatic rings. The van der Waals surface area contributed by atoms with Gasteiger partial charge >= 0.3 is 11.8 Å². The second-order valence-corrected chi connectivity index (χ2v) is 5.05. The molecule has 0 aliphatic heterocycles. The molecule has 0 unspecified atom stereocenters. The van der Waals surface area contributed by atoms with Gasteiger partial charge in [-0.05, 0) is 24.6 Å². The summed E-state index contributed by atoms with van der Waals surface area (Å²) in [6.45, 7) is 1.15. The normalized spacial score (nSPS) is 24.9. The topological polar surface area (TPSA) is 42.4 Å². The number of nitrogens with zero attached hydrogens (tertiary/aromatic N) is 1. The molecule has 1 aliphatic rings. The molecule has 0 spiro atoms. The van der Waals surface area contributed by atoms with Crippen LogP contribution in [0.4, 0.5) is 22.0 Å². The fourth-order valence-electron chi connectivity index (χ4n) is 2.42. The zero-order valence-electron chi connectivity index (χ0n) is 12.6. The SMILES string of the molecule is [2H][C@]1(O)c2c(ccc(Oc3cncc(F)c3)c2C)C(F)(F)C1(F)F. The number of pyridine rings is 1. The summed E-state index contributed by atoms with van der Waals surface area (Å²) in [5.41, 5.74) is -2.35. The molecule has 3 rings (SSSR count). The number of aromatic nitrogens is 1. The Morgan fingerprint density at radius 3 is 2.61 bits per heavy atom. The highest BCUT2D eigenvalue weighted by atomic mass is 19.3. The third kappa shape index (κ3) is 2.16. The highest BCUT2D eigenvalue weighted by Gasteiger charge is 2.69. The van der Waals surface area contributed by atoms with Crippen molar-refractivity contribution in [2.45, 2.75) is 24.8 Å². The van der Waals surface area contributed by atoms with Crippen molar-refractivity contribution >= 4 is 0 Å². The fourth-order valence-corrected chi connectivity index (χ4v) is 2.42. The quantitative estimate of drug-likeness (QED) is 0.842. The Labute approximate surface area is 128 Å². The van der Waals surface area contributed by atoms with E-state index in [1.54, 1.807) is 0 Å². The molecular formula is C15H10F5NO2. The summed E-state index contributed by atoms with van der Waals surface area (Å²) in [7, 11) is 0. The van der Waals surface area contributed by atoms with Gasteiger partial charge in [0.15, 0.2) is 6.08 Å². The van der Waals surface area contributed by atoms with E-state index in [1.165, 1.54) is 0 Å². The number of halogens is 5. The molecule has 122 valence electrons. The lowest BCUT2D eigenvalue weighted by molar-refractivity contribution is -0.246. The zero-order valence-corrected chi connectivity index (χ0v) is 11.6. The van der Waals surface area contributed by atoms with Crippen molar-refractivity contribution in [3.05, 3.63) is 53.1 Å². The Kier molecular flexibility index (Phi) is 3.06. The molecule has 0 radical (unpaired) electrons. The lowest BCUT2D eigenvalue weighted by Gasteiger charge is -2.21. The van der Waals surface area contributed by atoms with Crippen LogP contribution in [0, 0.1) is 12.7 Å². The van der Waals surface area contributed by atoms with Crippen molar-refractivity contribution in [3.8, 4) is 11.5 Å². The van der Waals surface area contributed by atoms with Crippen LogP contribution in [0.3, 0.4) is 0 Å². The molecule has 0 amide bonds. The Bertz CT molecular complexity index is 826. The summed E-state index contributed by atoms with van der Waals surface area (Å²) in [5, 5.41) is 9.73. The van der Waals surface area contributed by atoms with E-state index in [9.17, 15) is 27.1 Å². The maximum atomic E-state index is 13.9. The first-order valence-electron chi connectivity index (χ1n) is 6.91. The van der Waals surface area contributed by atoms with Gasteiger partial charge in [-0.15, -0.1) is 0 Å². The Balaban J connectivity index is 2.13. The highest BCUT2D eigenvalue weighted by Crippen LogP contribution is 2.59. The zero-order chi connectivity index (χ0) is 17.9. The molecule has 1 aromatic carbocycles. The molecule has 3 nitrogen and oxygen atoms in total. The van der Waals surface area contributed by atoms with Gasteiger partial charge in [-0.3, -0.25) is 4.98 Å². The van der Waals surface area contributed by atoms with Crippen LogP contribution in [0.15, 0.2) is 30.6 Å². The molecule has 1 aromatic heterocycles. The lowest BCUT2D eigenvalue weighted by atomic mass is 10.0. The molecule has 0 saturated heterocycles. The Morgan fingerprint density at radius 1 is 1.26 bits per heavy atom. The Hall–Kier alpha value is -2.22. The first kappa shape index (κ1) is 14.4. The molecule has 23 heavy (non-hydrogen) atoms. The molecule has 1 atom stereocenters. The number of ether oxygens (including phenoxy) is 1. The molecule has 0 fully saturated rings. The van der Waals surface area contributed by atoms with Gasteiger partial charge in [-0.25, -0.2) is 4.39 Å². The van der Waals surface area contributed by atoms with E-state index >= 15 is 0 Å². The van der Waals surface area contributed by atoms with Crippen molar-refractivity contribution in [2.75, 3.05) is 0 Å². The highest BCUT2D eigenvalue weighted by molar-refractivity contribution is 5.53. The maximum absolute atomic E-state index is 13.9. The predicted molar refractivity (Wildman–Crippen MR) is 69.2 cm³/mol. The summed E-state index contributed by atoms with van der Waals surface area (Å²) in [5.74, 6) is -10.7. The van der Waals surface area contributed by atoms with Gasteiger partial charge in [-0.1, -0.05) is 0 Å². The minimum absolute atomic E-state index is 0.0944. The molecule has 1 N–H and O–H groups in total. The van der Waals surface area contributed by atoms with Gasteiger partial charge < -0.3 is 9.84 Å². The monoisotopic (exact) mass is 332 g/mol. The number of fused-ring (bicyclic) bond motifs is 1. The minimum atomic E-state index is -5.01. The van der Waals surface area contributed by atoms with Crippen LogP contribution in [0.2, 0.25) is 0 Å². The van der Waals surface area contributed by atoms with E-state index in [4.69, 9.17) is 6.11 Å². The number of hydrogen-bond donors (Lipinski definition) is 1. The average Bonchev–Trinajstić information content (AvgIpc) is 2.58. The first-order chi connectivity index (χ1) is 11.0. The number of aliphatic hydroxyl groups is 1. The van der Waals surface area contributed by atoms with Crippen molar-refractivity contribution in [1.29, 1.82) is 0 Å². The van der Waals surface area contributed by atoms with Crippen LogP contribution in [-0.2, 0) is 5.92 Å². The van der Waals surface area contributed by atoms with E-state index in [0.29, 0.717) is 6.07 Å². The van der Waals surface area contributed by atoms with Gasteiger partial charge in [-0.2, -0.15) is 17.6 Å². The predicted octanol–water partition coefficient (Wildman–Crippen LogP) is 4.10. The molecule has 8 heteroatoms. The Morgan fingerprint density at radius 2 is 1.96 bits per heavy atom. The standard InChI is InChI=1S/C15H10F5NO2/c1-7-11(23-9-4-8(16)5-21-6-9)3-2-10-12(7)13(22)15(19,20)14(10,17)18/h2-6,13,22H,1H3/t13-/m0/s1/i13D. The summed E-state index contributed by atoms with van der Waals surface area (Å²) in [6.07, 6.45) is -1.78. The summed E-state index contributed by atoms with van der Waals surface area (Å²) >= 11 is 0. The molecular weight excluding hydrogens is 321 g/mol. The van der Waals surface area contributed by atoms with Crippen LogP contribution in [-0.4, -0.2) is 16.0 Å². The van der Waals surface area contributed by atoms with E-state index in [1.807, 2.05) is 0 Å². The third-order valence-corrected chi connectivity index (χ3v) is 3.59. The number of rotatable bonds is 2. The number of benzene rings is 1. The lowest BCUT2D eigenvalue weighted by Crippen LogP contribution is -2.36. The molecule has 0 bridgehead atoms. The van der Waals surface area contributed by atoms with Crippen molar-refractivity contribution in [2.24, 2.45) is 0 Å². The van der Waals surface area contributed by atoms with Crippen molar-refractivity contribution in [1.82, 2.24) is 4.98 Å². The first-order valence-corrected chi connectivity index (χ1v) is 6.41. The molecule has 1 heterocycles. The van der Waals surface area contributed by atoms with Crippen molar-refractivity contribution in [3.63, 3.8) is 0 Å². The second kappa shape index (κ2) is 4.89. The minimum Gasteiger partial charge on any atom is -0.455 e. The third-order valence-electron chi connectivity index (χ3n) is 3.59. The van der Waals surface area contributed by atoms with E-state index in [2.05, 4.69) is 4.98 Å². The van der Waals surface area contributed by atoms with Gasteiger partial charge in [0.25, 0.3) is 0 Å². The largest absolute Gasteiger partial charge is 0.455 e.